The van der Waals surface area contributed by atoms with Gasteiger partial charge in [0.05, 0.1) is 22.7 Å². The van der Waals surface area contributed by atoms with E-state index in [1.54, 1.807) is 0 Å². The molecular formula is C21H22ClF3N2OS. The highest BCUT2D eigenvalue weighted by Crippen LogP contribution is 2.40. The number of nitrogens with one attached hydrogen (secondary N) is 2. The fourth-order valence-corrected chi connectivity index (χ4v) is 4.24. The number of thiocarbonyl (C=S) groups is 1. The van der Waals surface area contributed by atoms with Gasteiger partial charge >= 0.3 is 6.18 Å². The minimum absolute atomic E-state index is 0.235. The van der Waals surface area contributed by atoms with E-state index in [1.165, 1.54) is 12.1 Å². The normalized spacial score (nSPS) is 15.8. The number of ether oxygens (including phenoxy) is 1. The fraction of sp³-hybridized carbons (Fsp3) is 0.381. The van der Waals surface area contributed by atoms with Crippen LogP contribution >= 0.6 is 23.8 Å². The van der Waals surface area contributed by atoms with Gasteiger partial charge in [-0.2, -0.15) is 13.2 Å². The molecule has 1 aliphatic rings. The zero-order valence-corrected chi connectivity index (χ0v) is 17.5. The van der Waals surface area contributed by atoms with E-state index < -0.39 is 11.7 Å². The zero-order valence-electron chi connectivity index (χ0n) is 15.9. The van der Waals surface area contributed by atoms with Crippen LogP contribution in [-0.2, 0) is 11.7 Å². The number of hydrogen-bond acceptors (Lipinski definition) is 2. The molecule has 0 amide bonds. The smallest absolute Gasteiger partial charge is 0.417 e. The van der Waals surface area contributed by atoms with Gasteiger partial charge in [-0.1, -0.05) is 36.6 Å². The van der Waals surface area contributed by atoms with Crippen LogP contribution in [0.25, 0.3) is 0 Å². The van der Waals surface area contributed by atoms with Gasteiger partial charge in [0, 0.05) is 5.69 Å². The second-order valence-corrected chi connectivity index (χ2v) is 7.83. The molecule has 1 saturated carbocycles. The van der Waals surface area contributed by atoms with Crippen molar-refractivity contribution in [3.05, 3.63) is 58.6 Å². The molecular weight excluding hydrogens is 421 g/mol. The van der Waals surface area contributed by atoms with Crippen molar-refractivity contribution in [2.24, 2.45) is 0 Å². The van der Waals surface area contributed by atoms with E-state index in [9.17, 15) is 13.2 Å². The quantitative estimate of drug-likeness (QED) is 0.517. The minimum atomic E-state index is -4.53. The molecule has 2 aromatic carbocycles. The summed E-state index contributed by atoms with van der Waals surface area (Å²) in [6.07, 6.45) is -0.669. The molecule has 3 nitrogen and oxygen atoms in total. The van der Waals surface area contributed by atoms with Gasteiger partial charge in [-0.3, -0.25) is 0 Å². The Morgan fingerprint density at radius 3 is 2.38 bits per heavy atom. The number of benzene rings is 2. The van der Waals surface area contributed by atoms with Gasteiger partial charge in [-0.25, -0.2) is 0 Å². The largest absolute Gasteiger partial charge is 0.494 e. The van der Waals surface area contributed by atoms with Crippen molar-refractivity contribution in [2.75, 3.05) is 11.9 Å². The van der Waals surface area contributed by atoms with Crippen molar-refractivity contribution in [1.82, 2.24) is 5.32 Å². The highest BCUT2D eigenvalue weighted by molar-refractivity contribution is 7.80. The highest BCUT2D eigenvalue weighted by Gasteiger charge is 2.37. The predicted molar refractivity (Wildman–Crippen MR) is 114 cm³/mol. The third-order valence-electron chi connectivity index (χ3n) is 5.06. The van der Waals surface area contributed by atoms with Crippen molar-refractivity contribution >= 4 is 34.6 Å². The molecule has 3 rings (SSSR count). The Morgan fingerprint density at radius 1 is 1.14 bits per heavy atom. The summed E-state index contributed by atoms with van der Waals surface area (Å²) in [6.45, 7) is 2.52. The van der Waals surface area contributed by atoms with Crippen molar-refractivity contribution in [2.45, 2.75) is 44.3 Å². The van der Waals surface area contributed by atoms with Crippen LogP contribution in [0.2, 0.25) is 5.02 Å². The van der Waals surface area contributed by atoms with E-state index in [0.717, 1.165) is 43.1 Å². The van der Waals surface area contributed by atoms with Gasteiger partial charge in [0.15, 0.2) is 5.11 Å². The molecule has 2 aromatic rings. The first-order valence-electron chi connectivity index (χ1n) is 9.43. The predicted octanol–water partition coefficient (Wildman–Crippen LogP) is 6.51. The lowest BCUT2D eigenvalue weighted by molar-refractivity contribution is -0.137. The summed E-state index contributed by atoms with van der Waals surface area (Å²) >= 11 is 11.1. The van der Waals surface area contributed by atoms with Gasteiger partial charge in [0.1, 0.15) is 5.75 Å². The van der Waals surface area contributed by atoms with E-state index in [0.29, 0.717) is 6.61 Å². The molecule has 0 spiro atoms. The van der Waals surface area contributed by atoms with Crippen molar-refractivity contribution in [1.29, 1.82) is 0 Å². The summed E-state index contributed by atoms with van der Waals surface area (Å²) in [6, 6.07) is 11.5. The highest BCUT2D eigenvalue weighted by atomic mass is 35.5. The van der Waals surface area contributed by atoms with E-state index in [1.807, 2.05) is 31.2 Å². The summed E-state index contributed by atoms with van der Waals surface area (Å²) in [5, 5.41) is 6.15. The maximum Gasteiger partial charge on any atom is 0.417 e. The monoisotopic (exact) mass is 442 g/mol. The van der Waals surface area contributed by atoms with Crippen LogP contribution in [-0.4, -0.2) is 11.7 Å². The van der Waals surface area contributed by atoms with Crippen molar-refractivity contribution in [3.63, 3.8) is 0 Å². The minimum Gasteiger partial charge on any atom is -0.494 e. The molecule has 1 fully saturated rings. The first kappa shape index (κ1) is 21.7. The summed E-state index contributed by atoms with van der Waals surface area (Å²) < 4.78 is 44.8. The third kappa shape index (κ3) is 5.14. The lowest BCUT2D eigenvalue weighted by Gasteiger charge is -2.32. The standard InChI is InChI=1S/C21H22ClF3N2OS/c1-2-28-16-8-5-14(6-9-16)20(11-3-4-12-20)27-19(29)26-15-7-10-18(22)17(13-15)21(23,24)25/h5-10,13H,2-4,11-12H2,1H3,(H2,26,27,29). The zero-order chi connectivity index (χ0) is 21.1. The molecule has 0 saturated heterocycles. The number of rotatable bonds is 5. The number of hydrogen-bond donors (Lipinski definition) is 2. The average molecular weight is 443 g/mol. The van der Waals surface area contributed by atoms with E-state index >= 15 is 0 Å². The van der Waals surface area contributed by atoms with E-state index in [4.69, 9.17) is 28.6 Å². The second-order valence-electron chi connectivity index (χ2n) is 7.02. The summed E-state index contributed by atoms with van der Waals surface area (Å²) in [5.74, 6) is 0.797. The molecule has 0 aliphatic heterocycles. The topological polar surface area (TPSA) is 33.3 Å². The third-order valence-corrected chi connectivity index (χ3v) is 5.59. The Hall–Kier alpha value is -1.99. The van der Waals surface area contributed by atoms with Gasteiger partial charge < -0.3 is 15.4 Å². The lowest BCUT2D eigenvalue weighted by atomic mass is 9.88. The van der Waals surface area contributed by atoms with Gasteiger partial charge in [-0.15, -0.1) is 0 Å². The van der Waals surface area contributed by atoms with Crippen LogP contribution in [0.3, 0.4) is 0 Å². The Labute approximate surface area is 178 Å². The van der Waals surface area contributed by atoms with Crippen LogP contribution in [0.4, 0.5) is 18.9 Å². The maximum absolute atomic E-state index is 13.1. The summed E-state index contributed by atoms with van der Waals surface area (Å²) in [7, 11) is 0. The second kappa shape index (κ2) is 8.79. The molecule has 29 heavy (non-hydrogen) atoms. The van der Waals surface area contributed by atoms with Crippen LogP contribution in [0, 0.1) is 0 Å². The Balaban J connectivity index is 1.77. The summed E-state index contributed by atoms with van der Waals surface area (Å²) in [4.78, 5) is 0. The molecule has 0 aromatic heterocycles. The Bertz CT molecular complexity index is 865. The number of alkyl halides is 3. The molecule has 0 bridgehead atoms. The maximum atomic E-state index is 13.1. The Kier molecular flexibility index (Phi) is 6.58. The van der Waals surface area contributed by atoms with Crippen LogP contribution in [0.5, 0.6) is 5.75 Å². The average Bonchev–Trinajstić information content (AvgIpc) is 3.12. The first-order chi connectivity index (χ1) is 13.7. The molecule has 8 heteroatoms. The SMILES string of the molecule is CCOc1ccc(C2(NC(=S)Nc3ccc(Cl)c(C(F)(F)F)c3)CCCC2)cc1. The molecule has 0 heterocycles. The lowest BCUT2D eigenvalue weighted by Crippen LogP contribution is -2.45. The summed E-state index contributed by atoms with van der Waals surface area (Å²) in [5.41, 5.74) is 0.0662. The Morgan fingerprint density at radius 2 is 1.79 bits per heavy atom. The molecule has 1 aliphatic carbocycles. The van der Waals surface area contributed by atoms with Crippen molar-refractivity contribution < 1.29 is 17.9 Å². The molecule has 0 atom stereocenters. The first-order valence-corrected chi connectivity index (χ1v) is 10.2. The van der Waals surface area contributed by atoms with Gasteiger partial charge in [-0.05, 0) is 67.9 Å². The molecule has 0 unspecified atom stereocenters. The molecule has 0 radical (unpaired) electrons. The van der Waals surface area contributed by atoms with Crippen LogP contribution in [0.15, 0.2) is 42.5 Å². The van der Waals surface area contributed by atoms with E-state index in [-0.39, 0.29) is 21.4 Å². The van der Waals surface area contributed by atoms with Crippen LogP contribution < -0.4 is 15.4 Å². The number of anilines is 1. The van der Waals surface area contributed by atoms with Crippen molar-refractivity contribution in [3.8, 4) is 5.75 Å². The van der Waals surface area contributed by atoms with Crippen LogP contribution in [0.1, 0.15) is 43.7 Å². The molecule has 2 N–H and O–H groups in total. The van der Waals surface area contributed by atoms with E-state index in [2.05, 4.69) is 10.6 Å². The fourth-order valence-electron chi connectivity index (χ4n) is 3.70. The van der Waals surface area contributed by atoms with Gasteiger partial charge in [0.25, 0.3) is 0 Å². The number of halogens is 4. The van der Waals surface area contributed by atoms with Gasteiger partial charge in [0.2, 0.25) is 0 Å². The molecule has 156 valence electrons.